The van der Waals surface area contributed by atoms with Gasteiger partial charge >= 0.3 is 0 Å². The molecule has 1 aliphatic heterocycles. The number of methoxy groups -OCH3 is 1. The van der Waals surface area contributed by atoms with Crippen molar-refractivity contribution in [3.63, 3.8) is 0 Å². The first-order valence-corrected chi connectivity index (χ1v) is 7.87. The molecule has 0 bridgehead atoms. The Balaban J connectivity index is 2.33. The minimum atomic E-state index is -2.29. The second-order valence-corrected chi connectivity index (χ2v) is 8.60. The van der Waals surface area contributed by atoms with E-state index in [1.807, 2.05) is 30.3 Å². The molecule has 0 N–H and O–H groups in total. The molecule has 4 heteroatoms. The third-order valence-corrected chi connectivity index (χ3v) is 8.75. The molecular weight excluding hydrogens is 275 g/mol. The van der Waals surface area contributed by atoms with Gasteiger partial charge in [0.25, 0.3) is 0 Å². The van der Waals surface area contributed by atoms with Gasteiger partial charge in [0.2, 0.25) is 0 Å². The fourth-order valence-corrected chi connectivity index (χ4v) is 6.75. The van der Waals surface area contributed by atoms with Crippen LogP contribution in [0.2, 0.25) is 0 Å². The fourth-order valence-electron chi connectivity index (χ4n) is 2.03. The van der Waals surface area contributed by atoms with Crippen molar-refractivity contribution in [1.82, 2.24) is 0 Å². The minimum absolute atomic E-state index is 0.0302. The Bertz CT molecular complexity index is 379. The summed E-state index contributed by atoms with van der Waals surface area (Å²) in [5.41, 5.74) is 0. The molecule has 3 atom stereocenters. The molecular formula is C11H14BrO2P. The van der Waals surface area contributed by atoms with Crippen molar-refractivity contribution in [3.8, 4) is 0 Å². The molecule has 0 radical (unpaired) electrons. The van der Waals surface area contributed by atoms with Gasteiger partial charge in [0, 0.05) is 18.6 Å². The molecule has 1 fully saturated rings. The molecule has 1 heterocycles. The Morgan fingerprint density at radius 1 is 1.40 bits per heavy atom. The third-order valence-electron chi connectivity index (χ3n) is 2.95. The van der Waals surface area contributed by atoms with Gasteiger partial charge in [-0.05, 0) is 6.42 Å². The van der Waals surface area contributed by atoms with Crippen LogP contribution in [0.15, 0.2) is 30.3 Å². The van der Waals surface area contributed by atoms with E-state index in [0.29, 0.717) is 0 Å². The van der Waals surface area contributed by atoms with Crippen molar-refractivity contribution in [1.29, 1.82) is 0 Å². The van der Waals surface area contributed by atoms with E-state index < -0.39 is 7.14 Å². The minimum Gasteiger partial charge on any atom is -0.380 e. The fraction of sp³-hybridized carbons (Fsp3) is 0.455. The van der Waals surface area contributed by atoms with E-state index in [-0.39, 0.29) is 10.7 Å². The molecule has 1 aromatic rings. The van der Waals surface area contributed by atoms with E-state index in [0.717, 1.165) is 17.9 Å². The Morgan fingerprint density at radius 2 is 2.07 bits per heavy atom. The standard InChI is InChI=1S/C11H14BrO2P/c1-14-10-7-8-15(13,11(10)12)9-5-3-2-4-6-9/h2-6,10-11H,7-8H2,1H3/t10-,11-,15-/m1/s1. The molecule has 0 amide bonds. The first kappa shape index (κ1) is 11.4. The second-order valence-electron chi connectivity index (χ2n) is 3.79. The highest BCUT2D eigenvalue weighted by molar-refractivity contribution is 9.10. The Hall–Kier alpha value is -0.110. The average molecular weight is 289 g/mol. The topological polar surface area (TPSA) is 26.3 Å². The molecule has 2 nitrogen and oxygen atoms in total. The lowest BCUT2D eigenvalue weighted by molar-refractivity contribution is 0.119. The normalized spacial score (nSPS) is 35.6. The highest BCUT2D eigenvalue weighted by Gasteiger charge is 2.44. The van der Waals surface area contributed by atoms with Crippen LogP contribution in [0.25, 0.3) is 0 Å². The van der Waals surface area contributed by atoms with Crippen molar-refractivity contribution in [3.05, 3.63) is 30.3 Å². The van der Waals surface area contributed by atoms with Crippen molar-refractivity contribution in [2.24, 2.45) is 0 Å². The molecule has 1 saturated heterocycles. The maximum absolute atomic E-state index is 12.8. The summed E-state index contributed by atoms with van der Waals surface area (Å²) in [7, 11) is -0.614. The number of halogens is 1. The summed E-state index contributed by atoms with van der Waals surface area (Å²) in [6.45, 7) is 0. The summed E-state index contributed by atoms with van der Waals surface area (Å²) >= 11 is 3.54. The smallest absolute Gasteiger partial charge is 0.131 e. The number of ether oxygens (including phenoxy) is 1. The zero-order valence-corrected chi connectivity index (χ0v) is 11.1. The van der Waals surface area contributed by atoms with Crippen LogP contribution in [-0.2, 0) is 9.30 Å². The number of rotatable bonds is 2. The molecule has 1 aromatic carbocycles. The van der Waals surface area contributed by atoms with Gasteiger partial charge in [-0.15, -0.1) is 0 Å². The summed E-state index contributed by atoms with van der Waals surface area (Å²) in [5.74, 6) is 0. The first-order valence-electron chi connectivity index (χ1n) is 5.00. The Morgan fingerprint density at radius 3 is 2.60 bits per heavy atom. The predicted octanol–water partition coefficient (Wildman–Crippen LogP) is 2.81. The van der Waals surface area contributed by atoms with Gasteiger partial charge in [-0.1, -0.05) is 46.3 Å². The van der Waals surface area contributed by atoms with Gasteiger partial charge in [0.05, 0.1) is 10.7 Å². The van der Waals surface area contributed by atoms with Gasteiger partial charge < -0.3 is 9.30 Å². The van der Waals surface area contributed by atoms with Crippen LogP contribution in [0.5, 0.6) is 0 Å². The highest BCUT2D eigenvalue weighted by Crippen LogP contribution is 2.59. The van der Waals surface area contributed by atoms with E-state index in [2.05, 4.69) is 15.9 Å². The quantitative estimate of drug-likeness (QED) is 0.618. The van der Waals surface area contributed by atoms with E-state index in [1.54, 1.807) is 7.11 Å². The Labute approximate surface area is 98.5 Å². The van der Waals surface area contributed by atoms with E-state index in [9.17, 15) is 4.57 Å². The zero-order chi connectivity index (χ0) is 10.9. The molecule has 0 unspecified atom stereocenters. The molecule has 0 spiro atoms. The van der Waals surface area contributed by atoms with Crippen LogP contribution >= 0.6 is 23.1 Å². The van der Waals surface area contributed by atoms with Crippen LogP contribution < -0.4 is 5.30 Å². The number of alkyl halides is 1. The lowest BCUT2D eigenvalue weighted by Crippen LogP contribution is -2.19. The SMILES string of the molecule is CO[C@@H]1CC[P@@](=O)(c2ccccc2)[C@H]1Br. The molecule has 82 valence electrons. The van der Waals surface area contributed by atoms with Crippen molar-refractivity contribution >= 4 is 28.4 Å². The lowest BCUT2D eigenvalue weighted by atomic mass is 10.3. The molecule has 2 rings (SSSR count). The number of benzene rings is 1. The average Bonchev–Trinajstić information content (AvgIpc) is 2.58. The van der Waals surface area contributed by atoms with Crippen molar-refractivity contribution < 1.29 is 9.30 Å². The van der Waals surface area contributed by atoms with Gasteiger partial charge in [-0.2, -0.15) is 0 Å². The number of hydrogen-bond acceptors (Lipinski definition) is 2. The van der Waals surface area contributed by atoms with Crippen LogP contribution in [0.3, 0.4) is 0 Å². The third kappa shape index (κ3) is 1.93. The lowest BCUT2D eigenvalue weighted by Gasteiger charge is -2.18. The zero-order valence-electron chi connectivity index (χ0n) is 8.60. The van der Waals surface area contributed by atoms with Gasteiger partial charge in [-0.3, -0.25) is 0 Å². The van der Waals surface area contributed by atoms with Crippen molar-refractivity contribution in [2.75, 3.05) is 13.3 Å². The molecule has 1 aliphatic rings. The van der Waals surface area contributed by atoms with Gasteiger partial charge in [0.1, 0.15) is 7.14 Å². The van der Waals surface area contributed by atoms with Crippen LogP contribution in [0, 0.1) is 0 Å². The molecule has 0 saturated carbocycles. The van der Waals surface area contributed by atoms with Gasteiger partial charge in [-0.25, -0.2) is 0 Å². The summed E-state index contributed by atoms with van der Waals surface area (Å²) in [5, 5.41) is 0.964. The second kappa shape index (κ2) is 4.40. The first-order chi connectivity index (χ1) is 7.18. The van der Waals surface area contributed by atoms with Crippen LogP contribution in [-0.4, -0.2) is 23.9 Å². The Kier molecular flexibility index (Phi) is 3.34. The summed E-state index contributed by atoms with van der Waals surface area (Å²) in [6, 6.07) is 9.73. The largest absolute Gasteiger partial charge is 0.380 e. The van der Waals surface area contributed by atoms with E-state index in [1.165, 1.54) is 0 Å². The van der Waals surface area contributed by atoms with Crippen LogP contribution in [0.1, 0.15) is 6.42 Å². The predicted molar refractivity (Wildman–Crippen MR) is 66.7 cm³/mol. The maximum atomic E-state index is 12.8. The summed E-state index contributed by atoms with van der Waals surface area (Å²) in [6.07, 6.45) is 1.69. The molecule has 0 aromatic heterocycles. The summed E-state index contributed by atoms with van der Waals surface area (Å²) < 4.78 is 18.1. The van der Waals surface area contributed by atoms with E-state index in [4.69, 9.17) is 4.74 Å². The molecule has 15 heavy (non-hydrogen) atoms. The van der Waals surface area contributed by atoms with Crippen LogP contribution in [0.4, 0.5) is 0 Å². The monoisotopic (exact) mass is 288 g/mol. The van der Waals surface area contributed by atoms with E-state index >= 15 is 0 Å². The highest BCUT2D eigenvalue weighted by atomic mass is 79.9. The number of hydrogen-bond donors (Lipinski definition) is 0. The van der Waals surface area contributed by atoms with Crippen molar-refractivity contribution in [2.45, 2.75) is 17.1 Å². The summed E-state index contributed by atoms with van der Waals surface area (Å²) in [4.78, 5) is 0. The van der Waals surface area contributed by atoms with Gasteiger partial charge in [0.15, 0.2) is 0 Å². The molecule has 0 aliphatic carbocycles. The maximum Gasteiger partial charge on any atom is 0.131 e.